The summed E-state index contributed by atoms with van der Waals surface area (Å²) in [6, 6.07) is 2.06. The zero-order valence-corrected chi connectivity index (χ0v) is 3.52. The molecule has 0 saturated carbocycles. The van der Waals surface area contributed by atoms with Gasteiger partial charge in [0, 0.05) is 13.1 Å². The first kappa shape index (κ1) is 3.63. The van der Waals surface area contributed by atoms with Crippen molar-refractivity contribution in [3.05, 3.63) is 0 Å². The Kier molecular flexibility index (Phi) is 0.771. The molecule has 0 radical (unpaired) electrons. The minimum Gasteiger partial charge on any atom is -0.288 e. The molecule has 1 saturated heterocycles. The summed E-state index contributed by atoms with van der Waals surface area (Å²) in [4.78, 5) is 2.07. The highest BCUT2D eigenvalue weighted by Crippen LogP contribution is 1.98. The van der Waals surface area contributed by atoms with Crippen molar-refractivity contribution in [2.75, 3.05) is 19.6 Å². The first-order valence-corrected chi connectivity index (χ1v) is 2.03. The lowest BCUT2D eigenvalue weighted by Crippen LogP contribution is -1.92. The number of hydrogen-bond donors (Lipinski definition) is 0. The number of nitriles is 1. The van der Waals surface area contributed by atoms with Crippen LogP contribution in [0.4, 0.5) is 0 Å². The average molecular weight is 82.1 g/mol. The molecule has 0 bridgehead atoms. The van der Waals surface area contributed by atoms with Crippen molar-refractivity contribution in [2.45, 2.75) is 0 Å². The third-order valence-corrected chi connectivity index (χ3v) is 0.834. The van der Waals surface area contributed by atoms with Crippen molar-refractivity contribution in [3.63, 3.8) is 0 Å². The van der Waals surface area contributed by atoms with Crippen molar-refractivity contribution in [3.8, 4) is 6.07 Å². The fourth-order valence-electron chi connectivity index (χ4n) is 0.329. The molecule has 0 amide bonds. The molecule has 1 fully saturated rings. The van der Waals surface area contributed by atoms with Gasteiger partial charge in [-0.2, -0.15) is 5.26 Å². The smallest absolute Gasteiger partial charge is 0.0866 e. The first-order chi connectivity index (χ1) is 2.93. The third kappa shape index (κ3) is 0.697. The van der Waals surface area contributed by atoms with Gasteiger partial charge in [-0.25, -0.2) is 0 Å². The lowest BCUT2D eigenvalue weighted by atomic mass is 10.7. The van der Waals surface area contributed by atoms with Crippen LogP contribution in [0.2, 0.25) is 0 Å². The molecule has 0 atom stereocenters. The summed E-state index contributed by atoms with van der Waals surface area (Å²) < 4.78 is 0. The maximum atomic E-state index is 7.98. The Bertz CT molecular complexity index is 78.0. The predicted molar refractivity (Wildman–Crippen MR) is 22.1 cm³/mol. The van der Waals surface area contributed by atoms with E-state index < -0.39 is 0 Å². The van der Waals surface area contributed by atoms with E-state index in [1.54, 1.807) is 0 Å². The van der Waals surface area contributed by atoms with Crippen molar-refractivity contribution in [1.29, 1.82) is 5.26 Å². The standard InChI is InChI=1S/C4H6N2/c5-1-2-6-3-4-6/h2-4H2. The van der Waals surface area contributed by atoms with Gasteiger partial charge in [0.1, 0.15) is 0 Å². The Hall–Kier alpha value is -0.550. The molecule has 2 heteroatoms. The van der Waals surface area contributed by atoms with Gasteiger partial charge >= 0.3 is 0 Å². The van der Waals surface area contributed by atoms with Gasteiger partial charge in [-0.1, -0.05) is 0 Å². The van der Waals surface area contributed by atoms with E-state index in [9.17, 15) is 0 Å². The second kappa shape index (κ2) is 1.27. The Balaban J connectivity index is 2.05. The molecule has 0 aromatic rings. The molecule has 0 aromatic heterocycles. The van der Waals surface area contributed by atoms with E-state index in [2.05, 4.69) is 11.0 Å². The van der Waals surface area contributed by atoms with Gasteiger partial charge in [0.15, 0.2) is 0 Å². The lowest BCUT2D eigenvalue weighted by Gasteiger charge is -1.79. The molecule has 1 rings (SSSR count). The van der Waals surface area contributed by atoms with Crippen molar-refractivity contribution in [1.82, 2.24) is 4.90 Å². The number of rotatable bonds is 1. The maximum absolute atomic E-state index is 7.98. The van der Waals surface area contributed by atoms with Gasteiger partial charge in [0.25, 0.3) is 0 Å². The molecule has 0 aliphatic carbocycles. The highest BCUT2D eigenvalue weighted by Gasteiger charge is 2.14. The fourth-order valence-corrected chi connectivity index (χ4v) is 0.329. The molecule has 0 spiro atoms. The van der Waals surface area contributed by atoms with Gasteiger partial charge in [-0.3, -0.25) is 4.90 Å². The van der Waals surface area contributed by atoms with Gasteiger partial charge < -0.3 is 0 Å². The molecule has 1 aliphatic rings. The largest absolute Gasteiger partial charge is 0.288 e. The van der Waals surface area contributed by atoms with Gasteiger partial charge in [0.2, 0.25) is 0 Å². The van der Waals surface area contributed by atoms with Crippen LogP contribution in [0, 0.1) is 11.3 Å². The molecular formula is C4H6N2. The summed E-state index contributed by atoms with van der Waals surface area (Å²) in [5.41, 5.74) is 0. The van der Waals surface area contributed by atoms with E-state index in [-0.39, 0.29) is 0 Å². The number of nitrogens with zero attached hydrogens (tertiary/aromatic N) is 2. The summed E-state index contributed by atoms with van der Waals surface area (Å²) in [5.74, 6) is 0. The van der Waals surface area contributed by atoms with E-state index in [0.717, 1.165) is 13.1 Å². The maximum Gasteiger partial charge on any atom is 0.0866 e. The van der Waals surface area contributed by atoms with Crippen LogP contribution in [0.1, 0.15) is 0 Å². The SMILES string of the molecule is N#CCN1CC1. The van der Waals surface area contributed by atoms with Crippen LogP contribution < -0.4 is 0 Å². The monoisotopic (exact) mass is 82.1 g/mol. The van der Waals surface area contributed by atoms with Crippen molar-refractivity contribution >= 4 is 0 Å². The van der Waals surface area contributed by atoms with Crippen LogP contribution in [0.3, 0.4) is 0 Å². The van der Waals surface area contributed by atoms with Crippen LogP contribution in [0.15, 0.2) is 0 Å². The molecule has 2 nitrogen and oxygen atoms in total. The van der Waals surface area contributed by atoms with Crippen LogP contribution in [0.25, 0.3) is 0 Å². The summed E-state index contributed by atoms with van der Waals surface area (Å²) in [6.07, 6.45) is 0. The average Bonchev–Trinajstić information content (AvgIpc) is 2.21. The molecule has 0 unspecified atom stereocenters. The summed E-state index contributed by atoms with van der Waals surface area (Å²) in [7, 11) is 0. The van der Waals surface area contributed by atoms with E-state index in [4.69, 9.17) is 5.26 Å². The fraction of sp³-hybridized carbons (Fsp3) is 0.750. The summed E-state index contributed by atoms with van der Waals surface area (Å²) in [5, 5.41) is 7.98. The summed E-state index contributed by atoms with van der Waals surface area (Å²) in [6.45, 7) is 2.89. The third-order valence-electron chi connectivity index (χ3n) is 0.834. The van der Waals surface area contributed by atoms with Crippen molar-refractivity contribution in [2.24, 2.45) is 0 Å². The Morgan fingerprint density at radius 1 is 1.67 bits per heavy atom. The molecular weight excluding hydrogens is 76.1 g/mol. The van der Waals surface area contributed by atoms with Crippen LogP contribution in [-0.4, -0.2) is 24.5 Å². The lowest BCUT2D eigenvalue weighted by molar-refractivity contribution is 0.636. The Morgan fingerprint density at radius 2 is 2.33 bits per heavy atom. The van der Waals surface area contributed by atoms with Gasteiger partial charge in [-0.15, -0.1) is 0 Å². The normalized spacial score (nSPS) is 19.8. The molecule has 1 aliphatic heterocycles. The highest BCUT2D eigenvalue weighted by atomic mass is 15.2. The number of hydrogen-bond acceptors (Lipinski definition) is 2. The molecule has 1 heterocycles. The second-order valence-corrected chi connectivity index (χ2v) is 1.43. The zero-order valence-electron chi connectivity index (χ0n) is 3.52. The predicted octanol–water partition coefficient (Wildman–Crippen LogP) is -0.174. The summed E-state index contributed by atoms with van der Waals surface area (Å²) >= 11 is 0. The van der Waals surface area contributed by atoms with E-state index in [1.807, 2.05) is 0 Å². The zero-order chi connectivity index (χ0) is 4.41. The van der Waals surface area contributed by atoms with Crippen molar-refractivity contribution < 1.29 is 0 Å². The first-order valence-electron chi connectivity index (χ1n) is 2.03. The second-order valence-electron chi connectivity index (χ2n) is 1.43. The van der Waals surface area contributed by atoms with Gasteiger partial charge in [0.05, 0.1) is 12.6 Å². The molecule has 32 valence electrons. The van der Waals surface area contributed by atoms with Gasteiger partial charge in [-0.05, 0) is 0 Å². The molecule has 0 aromatic carbocycles. The van der Waals surface area contributed by atoms with E-state index in [1.165, 1.54) is 0 Å². The van der Waals surface area contributed by atoms with Crippen LogP contribution >= 0.6 is 0 Å². The molecule has 0 N–H and O–H groups in total. The quantitative estimate of drug-likeness (QED) is 0.324. The topological polar surface area (TPSA) is 26.8 Å². The molecule has 6 heavy (non-hydrogen) atoms. The minimum atomic E-state index is 0.625. The minimum absolute atomic E-state index is 0.625. The van der Waals surface area contributed by atoms with Crippen LogP contribution in [0.5, 0.6) is 0 Å². The van der Waals surface area contributed by atoms with Crippen LogP contribution in [-0.2, 0) is 0 Å². The highest BCUT2D eigenvalue weighted by molar-refractivity contribution is 4.83. The van der Waals surface area contributed by atoms with E-state index >= 15 is 0 Å². The Labute approximate surface area is 37.0 Å². The van der Waals surface area contributed by atoms with E-state index in [0.29, 0.717) is 6.54 Å². The Morgan fingerprint density at radius 3 is 2.50 bits per heavy atom.